The summed E-state index contributed by atoms with van der Waals surface area (Å²) in [6, 6.07) is 3.44. The number of nitrogens with zero attached hydrogens (tertiary/aromatic N) is 2. The third-order valence-corrected chi connectivity index (χ3v) is 4.16. The van der Waals surface area contributed by atoms with Crippen LogP contribution in [0.4, 0.5) is 0 Å². The van der Waals surface area contributed by atoms with Crippen LogP contribution in [0, 0.1) is 0 Å². The number of rotatable bonds is 6. The molecule has 1 aliphatic carbocycles. The Labute approximate surface area is 111 Å². The molecule has 1 saturated carbocycles. The third kappa shape index (κ3) is 3.58. The summed E-state index contributed by atoms with van der Waals surface area (Å²) >= 11 is 0. The van der Waals surface area contributed by atoms with Crippen molar-refractivity contribution < 1.29 is 0 Å². The molecule has 1 heterocycles. The number of aromatic nitrogens is 2. The van der Waals surface area contributed by atoms with Crippen LogP contribution in [0.15, 0.2) is 12.3 Å². The van der Waals surface area contributed by atoms with E-state index in [2.05, 4.69) is 36.1 Å². The van der Waals surface area contributed by atoms with Crippen molar-refractivity contribution >= 4 is 0 Å². The first kappa shape index (κ1) is 13.6. The Hall–Kier alpha value is -0.830. The summed E-state index contributed by atoms with van der Waals surface area (Å²) in [6.45, 7) is 5.39. The molecule has 1 fully saturated rings. The Kier molecular flexibility index (Phi) is 5.24. The Bertz CT molecular complexity index is 335. The van der Waals surface area contributed by atoms with E-state index < -0.39 is 0 Å². The van der Waals surface area contributed by atoms with E-state index in [0.717, 1.165) is 25.4 Å². The summed E-state index contributed by atoms with van der Waals surface area (Å²) in [5, 5.41) is 8.34. The lowest BCUT2D eigenvalue weighted by atomic mass is 9.95. The SMILES string of the molecule is CCC(CC)n1ccc(CNC2CCCCC2)n1. The van der Waals surface area contributed by atoms with E-state index in [1.807, 2.05) is 0 Å². The maximum atomic E-state index is 4.69. The van der Waals surface area contributed by atoms with Crippen molar-refractivity contribution in [1.29, 1.82) is 0 Å². The summed E-state index contributed by atoms with van der Waals surface area (Å²) in [6.07, 6.45) is 11.3. The second-order valence-electron chi connectivity index (χ2n) is 5.47. The van der Waals surface area contributed by atoms with Gasteiger partial charge in [0.05, 0.1) is 11.7 Å². The largest absolute Gasteiger partial charge is 0.308 e. The van der Waals surface area contributed by atoms with Crippen LogP contribution in [-0.4, -0.2) is 15.8 Å². The van der Waals surface area contributed by atoms with Crippen LogP contribution in [0.3, 0.4) is 0 Å². The minimum atomic E-state index is 0.563. The third-order valence-electron chi connectivity index (χ3n) is 4.16. The molecule has 1 aromatic rings. The van der Waals surface area contributed by atoms with Gasteiger partial charge in [0.1, 0.15) is 0 Å². The van der Waals surface area contributed by atoms with Crippen LogP contribution in [0.2, 0.25) is 0 Å². The van der Waals surface area contributed by atoms with Gasteiger partial charge in [-0.25, -0.2) is 0 Å². The van der Waals surface area contributed by atoms with Gasteiger partial charge in [0.2, 0.25) is 0 Å². The number of hydrogen-bond acceptors (Lipinski definition) is 2. The van der Waals surface area contributed by atoms with Gasteiger partial charge in [-0.1, -0.05) is 33.1 Å². The Morgan fingerprint density at radius 1 is 1.28 bits per heavy atom. The van der Waals surface area contributed by atoms with Crippen LogP contribution in [0.1, 0.15) is 70.5 Å². The summed E-state index contributed by atoms with van der Waals surface area (Å²) in [4.78, 5) is 0. The molecule has 0 aromatic carbocycles. The molecule has 0 bridgehead atoms. The average Bonchev–Trinajstić information content (AvgIpc) is 2.88. The van der Waals surface area contributed by atoms with Crippen LogP contribution >= 0.6 is 0 Å². The van der Waals surface area contributed by atoms with Crippen molar-refractivity contribution in [2.75, 3.05) is 0 Å². The van der Waals surface area contributed by atoms with E-state index in [1.165, 1.54) is 37.8 Å². The topological polar surface area (TPSA) is 29.9 Å². The molecule has 3 heteroatoms. The molecule has 18 heavy (non-hydrogen) atoms. The van der Waals surface area contributed by atoms with Crippen molar-refractivity contribution in [1.82, 2.24) is 15.1 Å². The molecule has 0 amide bonds. The van der Waals surface area contributed by atoms with Crippen molar-refractivity contribution in [3.05, 3.63) is 18.0 Å². The predicted octanol–water partition coefficient (Wildman–Crippen LogP) is 3.67. The van der Waals surface area contributed by atoms with E-state index in [0.29, 0.717) is 6.04 Å². The van der Waals surface area contributed by atoms with Crippen LogP contribution in [0.25, 0.3) is 0 Å². The fraction of sp³-hybridized carbons (Fsp3) is 0.800. The monoisotopic (exact) mass is 249 g/mol. The maximum absolute atomic E-state index is 4.69. The molecule has 0 atom stereocenters. The highest BCUT2D eigenvalue weighted by Gasteiger charge is 2.13. The molecule has 0 unspecified atom stereocenters. The lowest BCUT2D eigenvalue weighted by molar-refractivity contribution is 0.368. The van der Waals surface area contributed by atoms with Gasteiger partial charge < -0.3 is 5.32 Å². The fourth-order valence-corrected chi connectivity index (χ4v) is 2.89. The highest BCUT2D eigenvalue weighted by molar-refractivity contribution is 4.99. The van der Waals surface area contributed by atoms with Crippen molar-refractivity contribution in [2.45, 2.75) is 77.4 Å². The molecular weight excluding hydrogens is 222 g/mol. The normalized spacial score (nSPS) is 17.5. The van der Waals surface area contributed by atoms with Gasteiger partial charge in [-0.3, -0.25) is 4.68 Å². The lowest BCUT2D eigenvalue weighted by Crippen LogP contribution is -2.30. The maximum Gasteiger partial charge on any atom is 0.0762 e. The second-order valence-corrected chi connectivity index (χ2v) is 5.47. The molecule has 0 aliphatic heterocycles. The molecule has 1 aromatic heterocycles. The lowest BCUT2D eigenvalue weighted by Gasteiger charge is -2.22. The second kappa shape index (κ2) is 6.93. The standard InChI is InChI=1S/C15H27N3/c1-3-15(4-2)18-11-10-14(17-18)12-16-13-8-6-5-7-9-13/h10-11,13,15-16H,3-9,12H2,1-2H3. The van der Waals surface area contributed by atoms with Gasteiger partial charge in [-0.15, -0.1) is 0 Å². The van der Waals surface area contributed by atoms with Gasteiger partial charge in [0.25, 0.3) is 0 Å². The van der Waals surface area contributed by atoms with Gasteiger partial charge >= 0.3 is 0 Å². The van der Waals surface area contributed by atoms with E-state index in [4.69, 9.17) is 5.10 Å². The average molecular weight is 249 g/mol. The molecule has 1 N–H and O–H groups in total. The summed E-state index contributed by atoms with van der Waals surface area (Å²) in [5.41, 5.74) is 1.19. The van der Waals surface area contributed by atoms with E-state index in [-0.39, 0.29) is 0 Å². The van der Waals surface area contributed by atoms with Crippen LogP contribution in [-0.2, 0) is 6.54 Å². The Morgan fingerprint density at radius 3 is 2.67 bits per heavy atom. The van der Waals surface area contributed by atoms with Crippen LogP contribution in [0.5, 0.6) is 0 Å². The van der Waals surface area contributed by atoms with Crippen molar-refractivity contribution in [3.8, 4) is 0 Å². The minimum absolute atomic E-state index is 0.563. The molecule has 0 spiro atoms. The highest BCUT2D eigenvalue weighted by Crippen LogP contribution is 2.18. The first-order chi connectivity index (χ1) is 8.83. The first-order valence-corrected chi connectivity index (χ1v) is 7.61. The summed E-state index contributed by atoms with van der Waals surface area (Å²) in [7, 11) is 0. The summed E-state index contributed by atoms with van der Waals surface area (Å²) < 4.78 is 2.14. The fourth-order valence-electron chi connectivity index (χ4n) is 2.89. The number of nitrogens with one attached hydrogen (secondary N) is 1. The van der Waals surface area contributed by atoms with Crippen molar-refractivity contribution in [2.24, 2.45) is 0 Å². The molecular formula is C15H27N3. The quantitative estimate of drug-likeness (QED) is 0.833. The minimum Gasteiger partial charge on any atom is -0.308 e. The van der Waals surface area contributed by atoms with E-state index >= 15 is 0 Å². The first-order valence-electron chi connectivity index (χ1n) is 7.61. The van der Waals surface area contributed by atoms with E-state index in [1.54, 1.807) is 0 Å². The molecule has 0 radical (unpaired) electrons. The predicted molar refractivity (Wildman–Crippen MR) is 75.6 cm³/mol. The van der Waals surface area contributed by atoms with Gasteiger partial charge in [-0.2, -0.15) is 5.10 Å². The zero-order valence-corrected chi connectivity index (χ0v) is 11.9. The van der Waals surface area contributed by atoms with E-state index in [9.17, 15) is 0 Å². The zero-order chi connectivity index (χ0) is 12.8. The molecule has 0 saturated heterocycles. The Morgan fingerprint density at radius 2 is 2.00 bits per heavy atom. The highest BCUT2D eigenvalue weighted by atomic mass is 15.3. The van der Waals surface area contributed by atoms with Gasteiger partial charge in [0.15, 0.2) is 0 Å². The Balaban J connectivity index is 1.82. The van der Waals surface area contributed by atoms with Crippen molar-refractivity contribution in [3.63, 3.8) is 0 Å². The molecule has 2 rings (SSSR count). The number of hydrogen-bond donors (Lipinski definition) is 1. The smallest absolute Gasteiger partial charge is 0.0762 e. The molecule has 1 aliphatic rings. The van der Waals surface area contributed by atoms with Gasteiger partial charge in [0, 0.05) is 18.8 Å². The van der Waals surface area contributed by atoms with Gasteiger partial charge in [-0.05, 0) is 31.7 Å². The zero-order valence-electron chi connectivity index (χ0n) is 11.9. The summed E-state index contributed by atoms with van der Waals surface area (Å²) in [5.74, 6) is 0. The van der Waals surface area contributed by atoms with Crippen LogP contribution < -0.4 is 5.32 Å². The molecule has 102 valence electrons. The molecule has 3 nitrogen and oxygen atoms in total.